The number of carbonyl (C=O) groups is 1. The third-order valence-electron chi connectivity index (χ3n) is 6.77. The zero-order valence-electron chi connectivity index (χ0n) is 19.6. The predicted molar refractivity (Wildman–Crippen MR) is 131 cm³/mol. The molecule has 2 atom stereocenters. The molecular formula is C25H27F3N6O2. The van der Waals surface area contributed by atoms with Crippen molar-refractivity contribution in [2.45, 2.75) is 18.6 Å². The van der Waals surface area contributed by atoms with Crippen molar-refractivity contribution in [3.63, 3.8) is 0 Å². The van der Waals surface area contributed by atoms with Crippen LogP contribution in [-0.2, 0) is 9.53 Å². The first-order chi connectivity index (χ1) is 17.3. The summed E-state index contributed by atoms with van der Waals surface area (Å²) in [6.45, 7) is 6.52. The van der Waals surface area contributed by atoms with Crippen LogP contribution in [0.2, 0.25) is 0 Å². The Morgan fingerprint density at radius 1 is 1.19 bits per heavy atom. The highest BCUT2D eigenvalue weighted by molar-refractivity contribution is 5.92. The van der Waals surface area contributed by atoms with Crippen LogP contribution in [0.3, 0.4) is 0 Å². The number of nitrogens with one attached hydrogen (secondary N) is 2. The number of hydrogen-bond donors (Lipinski definition) is 2. The summed E-state index contributed by atoms with van der Waals surface area (Å²) in [5, 5.41) is 3.54. The van der Waals surface area contributed by atoms with E-state index < -0.39 is 18.1 Å². The summed E-state index contributed by atoms with van der Waals surface area (Å²) in [5.41, 5.74) is 2.67. The number of H-pyrrole nitrogens is 1. The summed E-state index contributed by atoms with van der Waals surface area (Å²) in [6.07, 6.45) is -1.53. The van der Waals surface area contributed by atoms with Gasteiger partial charge < -0.3 is 24.8 Å². The molecule has 2 fully saturated rings. The van der Waals surface area contributed by atoms with Crippen LogP contribution in [0.25, 0.3) is 22.3 Å². The molecule has 190 valence electrons. The number of carbonyl (C=O) groups excluding carboxylic acids is 1. The predicted octanol–water partition coefficient (Wildman–Crippen LogP) is 3.84. The van der Waals surface area contributed by atoms with E-state index in [1.165, 1.54) is 11.2 Å². The van der Waals surface area contributed by atoms with Crippen molar-refractivity contribution in [2.75, 3.05) is 49.6 Å². The Hall–Kier alpha value is -3.60. The summed E-state index contributed by atoms with van der Waals surface area (Å²) in [6, 6.07) is 7.01. The van der Waals surface area contributed by atoms with Crippen molar-refractivity contribution < 1.29 is 22.7 Å². The summed E-state index contributed by atoms with van der Waals surface area (Å²) < 4.78 is 47.1. The average Bonchev–Trinajstić information content (AvgIpc) is 3.54. The molecule has 2 aromatic heterocycles. The maximum atomic E-state index is 13.9. The van der Waals surface area contributed by atoms with Crippen molar-refractivity contribution in [3.05, 3.63) is 49.3 Å². The fourth-order valence-corrected chi connectivity index (χ4v) is 4.89. The zero-order valence-corrected chi connectivity index (χ0v) is 19.6. The van der Waals surface area contributed by atoms with Crippen LogP contribution in [0.1, 0.15) is 6.42 Å². The number of aromatic nitrogens is 3. The van der Waals surface area contributed by atoms with E-state index in [4.69, 9.17) is 4.74 Å². The van der Waals surface area contributed by atoms with E-state index in [2.05, 4.69) is 31.7 Å². The summed E-state index contributed by atoms with van der Waals surface area (Å²) in [4.78, 5) is 27.5. The molecule has 0 spiro atoms. The number of hydrogen-bond acceptors (Lipinski definition) is 6. The van der Waals surface area contributed by atoms with Crippen molar-refractivity contribution in [2.24, 2.45) is 5.92 Å². The highest BCUT2D eigenvalue weighted by atomic mass is 19.4. The quantitative estimate of drug-likeness (QED) is 0.501. The number of aromatic amines is 1. The maximum Gasteiger partial charge on any atom is 0.408 e. The largest absolute Gasteiger partial charge is 0.408 e. The van der Waals surface area contributed by atoms with Crippen LogP contribution in [0.15, 0.2) is 49.3 Å². The van der Waals surface area contributed by atoms with Crippen LogP contribution in [-0.4, -0.2) is 77.4 Å². The molecule has 2 aliphatic heterocycles. The number of halogens is 3. The highest BCUT2D eigenvalue weighted by Gasteiger charge is 2.47. The minimum atomic E-state index is -4.46. The van der Waals surface area contributed by atoms with E-state index in [0.29, 0.717) is 31.1 Å². The van der Waals surface area contributed by atoms with Gasteiger partial charge in [-0.3, -0.25) is 4.79 Å². The Kier molecular flexibility index (Phi) is 6.57. The van der Waals surface area contributed by atoms with Crippen molar-refractivity contribution in [3.8, 4) is 11.3 Å². The summed E-state index contributed by atoms with van der Waals surface area (Å²) >= 11 is 0. The van der Waals surface area contributed by atoms with Gasteiger partial charge in [0, 0.05) is 43.5 Å². The first-order valence-corrected chi connectivity index (χ1v) is 11.8. The average molecular weight is 501 g/mol. The number of alkyl halides is 3. The molecule has 3 aromatic rings. The molecule has 2 saturated heterocycles. The molecule has 0 saturated carbocycles. The van der Waals surface area contributed by atoms with Gasteiger partial charge in [0.2, 0.25) is 5.91 Å². The topological polar surface area (TPSA) is 86.4 Å². The maximum absolute atomic E-state index is 13.9. The molecule has 5 rings (SSSR count). The summed E-state index contributed by atoms with van der Waals surface area (Å²) in [5.74, 6) is -0.250. The van der Waals surface area contributed by atoms with E-state index in [0.717, 1.165) is 41.6 Å². The van der Waals surface area contributed by atoms with Gasteiger partial charge in [-0.1, -0.05) is 18.7 Å². The molecule has 2 N–H and O–H groups in total. The lowest BCUT2D eigenvalue weighted by Gasteiger charge is -2.28. The van der Waals surface area contributed by atoms with Gasteiger partial charge in [0.15, 0.2) is 0 Å². The van der Waals surface area contributed by atoms with Gasteiger partial charge in [0.25, 0.3) is 0 Å². The molecule has 8 nitrogen and oxygen atoms in total. The van der Waals surface area contributed by atoms with Crippen molar-refractivity contribution >= 4 is 28.4 Å². The zero-order chi connectivity index (χ0) is 25.3. The number of nitrogens with zero attached hydrogens (tertiary/aromatic N) is 4. The molecule has 1 amide bonds. The van der Waals surface area contributed by atoms with Crippen LogP contribution in [0, 0.1) is 5.92 Å². The SMILES string of the molecule is C=CC(=O)N1CC[C@H]([C@H](Nc2ccc(-c3cc4c(N5CCOCC5)ncnc4[nH]3)cc2)C(F)(F)F)C1. The minimum Gasteiger partial charge on any atom is -0.378 e. The Morgan fingerprint density at radius 3 is 2.64 bits per heavy atom. The van der Waals surface area contributed by atoms with Gasteiger partial charge in [-0.05, 0) is 36.3 Å². The van der Waals surface area contributed by atoms with Gasteiger partial charge in [-0.25, -0.2) is 9.97 Å². The van der Waals surface area contributed by atoms with E-state index in [1.54, 1.807) is 24.3 Å². The molecule has 0 aliphatic carbocycles. The fraction of sp³-hybridized carbons (Fsp3) is 0.400. The van der Waals surface area contributed by atoms with Crippen LogP contribution in [0.5, 0.6) is 0 Å². The lowest BCUT2D eigenvalue weighted by Crippen LogP contribution is -2.44. The number of anilines is 2. The van der Waals surface area contributed by atoms with E-state index in [9.17, 15) is 18.0 Å². The number of amides is 1. The number of fused-ring (bicyclic) bond motifs is 1. The number of likely N-dealkylation sites (tertiary alicyclic amines) is 1. The fourth-order valence-electron chi connectivity index (χ4n) is 4.89. The second-order valence-electron chi connectivity index (χ2n) is 9.02. The highest BCUT2D eigenvalue weighted by Crippen LogP contribution is 2.35. The van der Waals surface area contributed by atoms with Crippen LogP contribution < -0.4 is 10.2 Å². The molecule has 0 bridgehead atoms. The molecular weight excluding hydrogens is 473 g/mol. The van der Waals surface area contributed by atoms with Crippen LogP contribution in [0.4, 0.5) is 24.7 Å². The third kappa shape index (κ3) is 4.88. The number of benzene rings is 1. The molecule has 11 heteroatoms. The first-order valence-electron chi connectivity index (χ1n) is 11.8. The Balaban J connectivity index is 1.34. The van der Waals surface area contributed by atoms with Gasteiger partial charge in [0.05, 0.1) is 18.6 Å². The smallest absolute Gasteiger partial charge is 0.378 e. The van der Waals surface area contributed by atoms with Gasteiger partial charge >= 0.3 is 6.18 Å². The molecule has 36 heavy (non-hydrogen) atoms. The van der Waals surface area contributed by atoms with Crippen molar-refractivity contribution in [1.29, 1.82) is 0 Å². The Morgan fingerprint density at radius 2 is 1.94 bits per heavy atom. The van der Waals surface area contributed by atoms with Gasteiger partial charge in [-0.15, -0.1) is 0 Å². The first kappa shape index (κ1) is 24.1. The molecule has 4 heterocycles. The van der Waals surface area contributed by atoms with E-state index >= 15 is 0 Å². The second kappa shape index (κ2) is 9.81. The lowest BCUT2D eigenvalue weighted by atomic mass is 9.98. The van der Waals surface area contributed by atoms with E-state index in [1.807, 2.05) is 6.07 Å². The van der Waals surface area contributed by atoms with E-state index in [-0.39, 0.29) is 18.9 Å². The molecule has 0 unspecified atom stereocenters. The number of ether oxygens (including phenoxy) is 1. The number of rotatable bonds is 6. The third-order valence-corrected chi connectivity index (χ3v) is 6.77. The minimum absolute atomic E-state index is 0.0433. The summed E-state index contributed by atoms with van der Waals surface area (Å²) in [7, 11) is 0. The van der Waals surface area contributed by atoms with Gasteiger partial charge in [-0.2, -0.15) is 13.2 Å². The molecule has 2 aliphatic rings. The van der Waals surface area contributed by atoms with Gasteiger partial charge in [0.1, 0.15) is 23.8 Å². The normalized spacial score (nSPS) is 19.5. The second-order valence-corrected chi connectivity index (χ2v) is 9.02. The lowest BCUT2D eigenvalue weighted by molar-refractivity contribution is -0.153. The number of morpholine rings is 1. The van der Waals surface area contributed by atoms with Crippen LogP contribution >= 0.6 is 0 Å². The molecule has 0 radical (unpaired) electrons. The molecule has 1 aromatic carbocycles. The Labute approximate surface area is 206 Å². The standard InChI is InChI=1S/C25H27F3N6O2/c1-2-21(35)34-8-7-17(14-34)22(25(26,27)28)31-18-5-3-16(4-6-18)20-13-19-23(32-20)29-15-30-24(19)33-9-11-36-12-10-33/h2-6,13,15,17,22,31H,1,7-12,14H2,(H,29,30,32)/t17-,22-/m0/s1. The van der Waals surface area contributed by atoms with Crippen molar-refractivity contribution in [1.82, 2.24) is 19.9 Å². The Bertz CT molecular complexity index is 1240. The monoisotopic (exact) mass is 500 g/mol.